The average Bonchev–Trinajstić information content (AvgIpc) is 3.40. The van der Waals surface area contributed by atoms with Crippen molar-refractivity contribution in [3.05, 3.63) is 47.3 Å². The summed E-state index contributed by atoms with van der Waals surface area (Å²) in [6.45, 7) is 4.20. The second kappa shape index (κ2) is 7.96. The molecule has 1 fully saturated rings. The third-order valence-corrected chi connectivity index (χ3v) is 5.35. The van der Waals surface area contributed by atoms with E-state index in [1.807, 2.05) is 17.0 Å². The Balaban J connectivity index is 1.32. The fourth-order valence-electron chi connectivity index (χ4n) is 3.73. The van der Waals surface area contributed by atoms with Crippen molar-refractivity contribution in [2.75, 3.05) is 26.4 Å². The van der Waals surface area contributed by atoms with E-state index in [-0.39, 0.29) is 24.5 Å². The molecule has 148 valence electrons. The lowest BCUT2D eigenvalue weighted by Crippen LogP contribution is -2.43. The molecule has 28 heavy (non-hydrogen) atoms. The van der Waals surface area contributed by atoms with Crippen LogP contribution in [0.2, 0.25) is 0 Å². The van der Waals surface area contributed by atoms with E-state index in [9.17, 15) is 9.59 Å². The number of amides is 2. The molecule has 2 N–H and O–H groups in total. The lowest BCUT2D eigenvalue weighted by molar-refractivity contribution is 0.0665. The summed E-state index contributed by atoms with van der Waals surface area (Å²) in [5.41, 5.74) is 2.25. The number of rotatable bonds is 5. The maximum atomic E-state index is 12.7. The zero-order valence-corrected chi connectivity index (χ0v) is 16.0. The number of hydrogen-bond acceptors (Lipinski definition) is 4. The Bertz CT molecular complexity index is 876. The zero-order chi connectivity index (χ0) is 19.5. The van der Waals surface area contributed by atoms with Crippen LogP contribution < -0.4 is 14.8 Å². The van der Waals surface area contributed by atoms with E-state index < -0.39 is 0 Å². The minimum atomic E-state index is -0.140. The first-order valence-electron chi connectivity index (χ1n) is 9.79. The van der Waals surface area contributed by atoms with E-state index in [0.717, 1.165) is 31.5 Å². The molecule has 2 aromatic rings. The van der Waals surface area contributed by atoms with Gasteiger partial charge in [-0.1, -0.05) is 6.92 Å². The number of H-pyrrole nitrogens is 1. The summed E-state index contributed by atoms with van der Waals surface area (Å²) in [5.74, 6) is 1.40. The quantitative estimate of drug-likeness (QED) is 0.831. The Labute approximate surface area is 164 Å². The van der Waals surface area contributed by atoms with Crippen molar-refractivity contribution in [1.82, 2.24) is 15.2 Å². The number of aromatic amines is 1. The van der Waals surface area contributed by atoms with Crippen LogP contribution in [0, 0.1) is 5.92 Å². The van der Waals surface area contributed by atoms with Crippen LogP contribution in [0.3, 0.4) is 0 Å². The van der Waals surface area contributed by atoms with Crippen LogP contribution in [-0.4, -0.2) is 48.1 Å². The average molecular weight is 383 g/mol. The minimum absolute atomic E-state index is 0.0338. The van der Waals surface area contributed by atoms with Crippen LogP contribution >= 0.6 is 0 Å². The standard InChI is InChI=1S/C21H25N3O4/c1-2-16-6-7-17(23-16)21(26)24-9-3-4-14(12-24)11-22-20(25)15-5-8-18-19(10-15)28-13-27-18/h5-8,10,14,23H,2-4,9,11-13H2,1H3,(H,22,25). The van der Waals surface area contributed by atoms with Crippen molar-refractivity contribution in [3.8, 4) is 11.5 Å². The van der Waals surface area contributed by atoms with E-state index in [1.165, 1.54) is 0 Å². The molecule has 0 spiro atoms. The summed E-state index contributed by atoms with van der Waals surface area (Å²) in [5, 5.41) is 2.99. The smallest absolute Gasteiger partial charge is 0.270 e. The predicted octanol–water partition coefficient (Wildman–Crippen LogP) is 2.59. The van der Waals surface area contributed by atoms with Crippen LogP contribution in [0.1, 0.15) is 46.3 Å². The molecule has 2 aliphatic rings. The number of aryl methyl sites for hydroxylation is 1. The highest BCUT2D eigenvalue weighted by Crippen LogP contribution is 2.32. The van der Waals surface area contributed by atoms with Crippen molar-refractivity contribution < 1.29 is 19.1 Å². The number of ether oxygens (including phenoxy) is 2. The van der Waals surface area contributed by atoms with Gasteiger partial charge in [0, 0.05) is 30.9 Å². The van der Waals surface area contributed by atoms with Gasteiger partial charge in [0.2, 0.25) is 6.79 Å². The molecule has 1 aromatic heterocycles. The molecule has 1 saturated heterocycles. The van der Waals surface area contributed by atoms with Crippen molar-refractivity contribution in [1.29, 1.82) is 0 Å². The van der Waals surface area contributed by atoms with E-state index >= 15 is 0 Å². The predicted molar refractivity (Wildman–Crippen MR) is 104 cm³/mol. The highest BCUT2D eigenvalue weighted by molar-refractivity contribution is 5.95. The first kappa shape index (κ1) is 18.4. The Hall–Kier alpha value is -2.96. The summed E-state index contributed by atoms with van der Waals surface area (Å²) >= 11 is 0. The molecule has 7 nitrogen and oxygen atoms in total. The third-order valence-electron chi connectivity index (χ3n) is 5.35. The first-order valence-corrected chi connectivity index (χ1v) is 9.79. The Morgan fingerprint density at radius 2 is 2.07 bits per heavy atom. The number of benzene rings is 1. The molecule has 1 atom stereocenters. The molecule has 1 unspecified atom stereocenters. The molecule has 0 saturated carbocycles. The van der Waals surface area contributed by atoms with Gasteiger partial charge in [-0.05, 0) is 55.5 Å². The SMILES string of the molecule is CCc1ccc(C(=O)N2CCCC(CNC(=O)c3ccc4c(c3)OCO4)C2)[nH]1. The molecule has 1 aromatic carbocycles. The number of hydrogen-bond donors (Lipinski definition) is 2. The Morgan fingerprint density at radius 1 is 1.21 bits per heavy atom. The lowest BCUT2D eigenvalue weighted by atomic mass is 9.97. The Kier molecular flexibility index (Phi) is 5.23. The van der Waals surface area contributed by atoms with Gasteiger partial charge in [0.05, 0.1) is 0 Å². The zero-order valence-electron chi connectivity index (χ0n) is 16.0. The highest BCUT2D eigenvalue weighted by atomic mass is 16.7. The van der Waals surface area contributed by atoms with Gasteiger partial charge >= 0.3 is 0 Å². The summed E-state index contributed by atoms with van der Waals surface area (Å²) in [7, 11) is 0. The van der Waals surface area contributed by atoms with Crippen LogP contribution in [0.15, 0.2) is 30.3 Å². The van der Waals surface area contributed by atoms with Crippen molar-refractivity contribution in [3.63, 3.8) is 0 Å². The highest BCUT2D eigenvalue weighted by Gasteiger charge is 2.26. The number of carbonyl (C=O) groups is 2. The monoisotopic (exact) mass is 383 g/mol. The fourth-order valence-corrected chi connectivity index (χ4v) is 3.73. The van der Waals surface area contributed by atoms with Gasteiger partial charge in [0.1, 0.15) is 5.69 Å². The van der Waals surface area contributed by atoms with Crippen LogP contribution in [-0.2, 0) is 6.42 Å². The van der Waals surface area contributed by atoms with E-state index in [2.05, 4.69) is 17.2 Å². The largest absolute Gasteiger partial charge is 0.454 e. The summed E-state index contributed by atoms with van der Waals surface area (Å²) in [4.78, 5) is 30.3. The number of piperidine rings is 1. The van der Waals surface area contributed by atoms with E-state index in [4.69, 9.17) is 9.47 Å². The number of nitrogens with one attached hydrogen (secondary N) is 2. The normalized spacial score (nSPS) is 18.2. The second-order valence-electron chi connectivity index (χ2n) is 7.29. The van der Waals surface area contributed by atoms with E-state index in [0.29, 0.717) is 35.8 Å². The minimum Gasteiger partial charge on any atom is -0.454 e. The number of likely N-dealkylation sites (tertiary alicyclic amines) is 1. The van der Waals surface area contributed by atoms with Crippen molar-refractivity contribution >= 4 is 11.8 Å². The van der Waals surface area contributed by atoms with Gasteiger partial charge in [0.15, 0.2) is 11.5 Å². The lowest BCUT2D eigenvalue weighted by Gasteiger charge is -2.32. The van der Waals surface area contributed by atoms with Crippen molar-refractivity contribution in [2.45, 2.75) is 26.2 Å². The first-order chi connectivity index (χ1) is 13.6. The van der Waals surface area contributed by atoms with Crippen LogP contribution in [0.5, 0.6) is 11.5 Å². The Morgan fingerprint density at radius 3 is 2.89 bits per heavy atom. The molecule has 4 rings (SSSR count). The van der Waals surface area contributed by atoms with Gasteiger partial charge < -0.3 is 24.7 Å². The van der Waals surface area contributed by atoms with Crippen molar-refractivity contribution in [2.24, 2.45) is 5.92 Å². The fraction of sp³-hybridized carbons (Fsp3) is 0.429. The molecular formula is C21H25N3O4. The van der Waals surface area contributed by atoms with Gasteiger partial charge in [-0.25, -0.2) is 0 Å². The van der Waals surface area contributed by atoms with Gasteiger partial charge in [0.25, 0.3) is 11.8 Å². The molecule has 2 amide bonds. The maximum Gasteiger partial charge on any atom is 0.270 e. The summed E-state index contributed by atoms with van der Waals surface area (Å²) in [6.07, 6.45) is 2.82. The number of nitrogens with zero attached hydrogens (tertiary/aromatic N) is 1. The summed E-state index contributed by atoms with van der Waals surface area (Å²) in [6, 6.07) is 8.99. The van der Waals surface area contributed by atoms with E-state index in [1.54, 1.807) is 18.2 Å². The molecular weight excluding hydrogens is 358 g/mol. The van der Waals surface area contributed by atoms with Gasteiger partial charge in [-0.2, -0.15) is 0 Å². The molecule has 3 heterocycles. The number of fused-ring (bicyclic) bond motifs is 1. The summed E-state index contributed by atoms with van der Waals surface area (Å²) < 4.78 is 10.6. The van der Waals surface area contributed by atoms with Crippen LogP contribution in [0.25, 0.3) is 0 Å². The number of aromatic nitrogens is 1. The maximum absolute atomic E-state index is 12.7. The van der Waals surface area contributed by atoms with Gasteiger partial charge in [-0.15, -0.1) is 0 Å². The molecule has 0 bridgehead atoms. The second-order valence-corrected chi connectivity index (χ2v) is 7.29. The van der Waals surface area contributed by atoms with Gasteiger partial charge in [-0.3, -0.25) is 9.59 Å². The molecule has 2 aliphatic heterocycles. The molecule has 7 heteroatoms. The number of carbonyl (C=O) groups excluding carboxylic acids is 2. The molecule has 0 aliphatic carbocycles. The third kappa shape index (κ3) is 3.83. The van der Waals surface area contributed by atoms with Crippen LogP contribution in [0.4, 0.5) is 0 Å². The molecule has 0 radical (unpaired) electrons. The topological polar surface area (TPSA) is 83.7 Å².